The van der Waals surface area contributed by atoms with Gasteiger partial charge in [-0.05, 0) is 31.5 Å². The van der Waals surface area contributed by atoms with Crippen LogP contribution in [-0.2, 0) is 6.54 Å². The first-order valence-corrected chi connectivity index (χ1v) is 11.2. The molecule has 4 rings (SSSR count). The molecule has 0 bridgehead atoms. The van der Waals surface area contributed by atoms with E-state index in [-0.39, 0.29) is 5.56 Å². The van der Waals surface area contributed by atoms with Crippen LogP contribution < -0.4 is 10.5 Å². The predicted molar refractivity (Wildman–Crippen MR) is 125 cm³/mol. The molecule has 0 radical (unpaired) electrons. The second-order valence-electron chi connectivity index (χ2n) is 7.86. The molecule has 1 aliphatic rings. The highest BCUT2D eigenvalue weighted by atomic mass is 32.1. The molecule has 0 aliphatic carbocycles. The van der Waals surface area contributed by atoms with E-state index >= 15 is 0 Å². The lowest BCUT2D eigenvalue weighted by molar-refractivity contribution is 0.278. The van der Waals surface area contributed by atoms with Gasteiger partial charge in [-0.1, -0.05) is 42.0 Å². The van der Waals surface area contributed by atoms with Crippen LogP contribution >= 0.6 is 11.3 Å². The third-order valence-corrected chi connectivity index (χ3v) is 6.36. The van der Waals surface area contributed by atoms with E-state index in [0.717, 1.165) is 32.7 Å². The van der Waals surface area contributed by atoms with Gasteiger partial charge in [0.05, 0.1) is 6.54 Å². The summed E-state index contributed by atoms with van der Waals surface area (Å²) in [7, 11) is 0. The van der Waals surface area contributed by atoms with Crippen molar-refractivity contribution in [1.82, 2.24) is 14.5 Å². The van der Waals surface area contributed by atoms with Crippen molar-refractivity contribution in [1.29, 1.82) is 0 Å². The maximum atomic E-state index is 13.0. The van der Waals surface area contributed by atoms with E-state index in [1.807, 2.05) is 6.07 Å². The van der Waals surface area contributed by atoms with Crippen LogP contribution in [0.4, 0.5) is 5.82 Å². The van der Waals surface area contributed by atoms with Crippen molar-refractivity contribution < 1.29 is 0 Å². The van der Waals surface area contributed by atoms with Gasteiger partial charge in [0.15, 0.2) is 5.82 Å². The first-order chi connectivity index (χ1) is 14.6. The van der Waals surface area contributed by atoms with Gasteiger partial charge >= 0.3 is 0 Å². The Bertz CT molecular complexity index is 1060. The second-order valence-corrected chi connectivity index (χ2v) is 9.23. The summed E-state index contributed by atoms with van der Waals surface area (Å²) in [5, 5.41) is 0. The number of thiophene rings is 1. The average Bonchev–Trinajstić information content (AvgIpc) is 3.16. The van der Waals surface area contributed by atoms with Crippen LogP contribution in [0.25, 0.3) is 6.08 Å². The maximum absolute atomic E-state index is 13.0. The molecule has 1 saturated heterocycles. The van der Waals surface area contributed by atoms with Gasteiger partial charge in [0, 0.05) is 54.9 Å². The first-order valence-electron chi connectivity index (χ1n) is 10.4. The Kier molecular flexibility index (Phi) is 6.45. The van der Waals surface area contributed by atoms with Gasteiger partial charge in [-0.2, -0.15) is 0 Å². The molecular weight excluding hydrogens is 392 g/mol. The van der Waals surface area contributed by atoms with Gasteiger partial charge in [0.25, 0.3) is 5.56 Å². The standard InChI is InChI=1S/C24H28N4OS/c1-19(16-21-6-4-3-5-7-21)17-26-12-14-27(15-13-26)23-24(29)28(11-10-25-23)18-22-9-8-20(2)30-22/h3-11,16H,12-15,17-18H2,1-2H3/b19-16+. The quantitative estimate of drug-likeness (QED) is 0.607. The molecule has 0 unspecified atom stereocenters. The summed E-state index contributed by atoms with van der Waals surface area (Å²) >= 11 is 1.73. The number of hydrogen-bond acceptors (Lipinski definition) is 5. The van der Waals surface area contributed by atoms with Crippen molar-refractivity contribution in [2.45, 2.75) is 20.4 Å². The third-order valence-electron chi connectivity index (χ3n) is 5.38. The highest BCUT2D eigenvalue weighted by Gasteiger charge is 2.21. The first kappa shape index (κ1) is 20.6. The monoisotopic (exact) mass is 420 g/mol. The number of anilines is 1. The minimum Gasteiger partial charge on any atom is -0.349 e. The Labute approximate surface area is 181 Å². The molecule has 1 fully saturated rings. The lowest BCUT2D eigenvalue weighted by atomic mass is 10.1. The van der Waals surface area contributed by atoms with Crippen molar-refractivity contribution >= 4 is 23.2 Å². The van der Waals surface area contributed by atoms with Gasteiger partial charge in [-0.15, -0.1) is 11.3 Å². The van der Waals surface area contributed by atoms with Crippen LogP contribution in [0.1, 0.15) is 22.2 Å². The molecule has 0 N–H and O–H groups in total. The van der Waals surface area contributed by atoms with Crippen molar-refractivity contribution in [3.8, 4) is 0 Å². The van der Waals surface area contributed by atoms with Gasteiger partial charge in [0.1, 0.15) is 0 Å². The van der Waals surface area contributed by atoms with E-state index in [1.54, 1.807) is 28.3 Å². The Balaban J connectivity index is 1.37. The molecule has 0 saturated carbocycles. The molecule has 5 nitrogen and oxygen atoms in total. The highest BCUT2D eigenvalue weighted by molar-refractivity contribution is 7.11. The summed E-state index contributed by atoms with van der Waals surface area (Å²) in [6, 6.07) is 14.6. The second kappa shape index (κ2) is 9.41. The summed E-state index contributed by atoms with van der Waals surface area (Å²) in [5.74, 6) is 0.571. The SMILES string of the molecule is C/C(=C\c1ccccc1)CN1CCN(c2nccn(Cc3ccc(C)s3)c2=O)CC1. The lowest BCUT2D eigenvalue weighted by Crippen LogP contribution is -2.49. The largest absolute Gasteiger partial charge is 0.349 e. The van der Waals surface area contributed by atoms with Crippen LogP contribution in [-0.4, -0.2) is 47.2 Å². The number of nitrogens with zero attached hydrogens (tertiary/aromatic N) is 4. The number of piperazine rings is 1. The number of rotatable bonds is 6. The molecule has 156 valence electrons. The molecule has 30 heavy (non-hydrogen) atoms. The zero-order chi connectivity index (χ0) is 20.9. The molecule has 0 spiro atoms. The molecule has 3 aromatic rings. The molecule has 3 heterocycles. The minimum atomic E-state index is -0.00263. The van der Waals surface area contributed by atoms with E-state index in [4.69, 9.17) is 0 Å². The maximum Gasteiger partial charge on any atom is 0.293 e. The lowest BCUT2D eigenvalue weighted by Gasteiger charge is -2.35. The van der Waals surface area contributed by atoms with Crippen molar-refractivity contribution in [2.24, 2.45) is 0 Å². The molecule has 2 aromatic heterocycles. The molecule has 6 heteroatoms. The molecule has 0 atom stereocenters. The fraction of sp³-hybridized carbons (Fsp3) is 0.333. The van der Waals surface area contributed by atoms with E-state index < -0.39 is 0 Å². The number of hydrogen-bond donors (Lipinski definition) is 0. The summed E-state index contributed by atoms with van der Waals surface area (Å²) in [4.78, 5) is 24.4. The molecule has 1 aromatic carbocycles. The Morgan fingerprint density at radius 1 is 1.10 bits per heavy atom. The van der Waals surface area contributed by atoms with Crippen LogP contribution in [0.3, 0.4) is 0 Å². The van der Waals surface area contributed by atoms with Gasteiger partial charge in [-0.3, -0.25) is 9.69 Å². The smallest absolute Gasteiger partial charge is 0.293 e. The van der Waals surface area contributed by atoms with E-state index in [2.05, 4.69) is 71.1 Å². The van der Waals surface area contributed by atoms with Crippen LogP contribution in [0, 0.1) is 6.92 Å². The van der Waals surface area contributed by atoms with Crippen LogP contribution in [0.2, 0.25) is 0 Å². The van der Waals surface area contributed by atoms with E-state index in [1.165, 1.54) is 20.9 Å². The average molecular weight is 421 g/mol. The van der Waals surface area contributed by atoms with E-state index in [0.29, 0.717) is 12.4 Å². The zero-order valence-corrected chi connectivity index (χ0v) is 18.4. The Morgan fingerprint density at radius 3 is 2.57 bits per heavy atom. The zero-order valence-electron chi connectivity index (χ0n) is 17.6. The van der Waals surface area contributed by atoms with Crippen LogP contribution in [0.15, 0.2) is 65.2 Å². The normalized spacial score (nSPS) is 15.5. The predicted octanol–water partition coefficient (Wildman–Crippen LogP) is 3.89. The van der Waals surface area contributed by atoms with Crippen molar-refractivity contribution in [3.63, 3.8) is 0 Å². The van der Waals surface area contributed by atoms with Crippen LogP contribution in [0.5, 0.6) is 0 Å². The Hall–Kier alpha value is -2.70. The fourth-order valence-electron chi connectivity index (χ4n) is 3.87. The fourth-order valence-corrected chi connectivity index (χ4v) is 4.75. The van der Waals surface area contributed by atoms with Crippen molar-refractivity contribution in [2.75, 3.05) is 37.6 Å². The number of aryl methyl sites for hydroxylation is 1. The third kappa shape index (κ3) is 5.07. The molecule has 0 amide bonds. The summed E-state index contributed by atoms with van der Waals surface area (Å²) in [5.41, 5.74) is 2.59. The summed E-state index contributed by atoms with van der Waals surface area (Å²) in [6.45, 7) is 9.34. The Morgan fingerprint density at radius 2 is 1.87 bits per heavy atom. The molecular formula is C24H28N4OS. The van der Waals surface area contributed by atoms with Gasteiger partial charge in [-0.25, -0.2) is 4.98 Å². The minimum absolute atomic E-state index is 0.00263. The highest BCUT2D eigenvalue weighted by Crippen LogP contribution is 2.16. The molecule has 1 aliphatic heterocycles. The van der Waals surface area contributed by atoms with Gasteiger partial charge in [0.2, 0.25) is 0 Å². The van der Waals surface area contributed by atoms with E-state index in [9.17, 15) is 4.79 Å². The summed E-state index contributed by atoms with van der Waals surface area (Å²) < 4.78 is 1.77. The van der Waals surface area contributed by atoms with Crippen molar-refractivity contribution in [3.05, 3.63) is 86.1 Å². The topological polar surface area (TPSA) is 41.4 Å². The number of benzene rings is 1. The number of aromatic nitrogens is 2. The van der Waals surface area contributed by atoms with Gasteiger partial charge < -0.3 is 9.47 Å². The summed E-state index contributed by atoms with van der Waals surface area (Å²) in [6.07, 6.45) is 5.78.